The molecule has 3 aromatic rings. The van der Waals surface area contributed by atoms with Gasteiger partial charge in [-0.3, -0.25) is 0 Å². The van der Waals surface area contributed by atoms with E-state index in [0.29, 0.717) is 5.89 Å². The van der Waals surface area contributed by atoms with E-state index in [4.69, 9.17) is 4.42 Å². The van der Waals surface area contributed by atoms with Gasteiger partial charge in [0.15, 0.2) is 5.16 Å². The van der Waals surface area contributed by atoms with Crippen molar-refractivity contribution in [3.8, 4) is 10.8 Å². The van der Waals surface area contributed by atoms with Crippen LogP contribution >= 0.6 is 23.1 Å². The van der Waals surface area contributed by atoms with Crippen LogP contribution in [0.15, 0.2) is 45.7 Å². The quantitative estimate of drug-likeness (QED) is 0.668. The normalized spacial score (nSPS) is 11.0. The molecule has 0 radical (unpaired) electrons. The molecule has 4 nitrogen and oxygen atoms in total. The lowest BCUT2D eigenvalue weighted by molar-refractivity contribution is 0.575. The molecule has 0 aliphatic heterocycles. The zero-order valence-corrected chi connectivity index (χ0v) is 12.1. The van der Waals surface area contributed by atoms with Gasteiger partial charge in [-0.2, -0.15) is 0 Å². The smallest absolute Gasteiger partial charge is 0.236 e. The van der Waals surface area contributed by atoms with Gasteiger partial charge in [0.2, 0.25) is 5.89 Å². The van der Waals surface area contributed by atoms with Crippen molar-refractivity contribution in [2.45, 2.75) is 24.4 Å². The predicted octanol–water partition coefficient (Wildman–Crippen LogP) is 3.91. The van der Waals surface area contributed by atoms with Crippen LogP contribution in [-0.4, -0.2) is 14.5 Å². The first-order chi connectivity index (χ1) is 9.36. The summed E-state index contributed by atoms with van der Waals surface area (Å²) in [5.41, 5.74) is 0.944. The molecule has 3 rings (SSSR count). The molecule has 0 saturated carbocycles. The maximum atomic E-state index is 5.49. The van der Waals surface area contributed by atoms with Gasteiger partial charge in [0, 0.05) is 24.7 Å². The van der Waals surface area contributed by atoms with E-state index in [1.54, 1.807) is 29.4 Å². The molecule has 0 bridgehead atoms. The lowest BCUT2D eigenvalue weighted by Crippen LogP contribution is -1.94. The van der Waals surface area contributed by atoms with E-state index in [0.717, 1.165) is 28.0 Å². The minimum atomic E-state index is 0.699. The van der Waals surface area contributed by atoms with Gasteiger partial charge < -0.3 is 8.98 Å². The summed E-state index contributed by atoms with van der Waals surface area (Å²) < 4.78 is 7.61. The molecular weight excluding hydrogens is 278 g/mol. The third-order valence-electron chi connectivity index (χ3n) is 2.65. The van der Waals surface area contributed by atoms with E-state index >= 15 is 0 Å². The molecule has 0 fully saturated rings. The number of thiophene rings is 1. The van der Waals surface area contributed by atoms with Gasteiger partial charge in [0.25, 0.3) is 0 Å². The molecule has 0 aromatic carbocycles. The number of nitrogens with zero attached hydrogens (tertiary/aromatic N) is 3. The van der Waals surface area contributed by atoms with Crippen molar-refractivity contribution in [2.24, 2.45) is 0 Å². The summed E-state index contributed by atoms with van der Waals surface area (Å²) in [6, 6.07) is 4.01. The van der Waals surface area contributed by atoms with Crippen LogP contribution in [0.25, 0.3) is 10.8 Å². The standard InChI is InChI=1S/C13H13N3OS2/c1-2-16-6-5-14-13(16)19-9-10-8-17-12(15-10)11-4-3-7-18-11/h3-8H,2,9H2,1H3. The van der Waals surface area contributed by atoms with Crippen molar-refractivity contribution in [2.75, 3.05) is 0 Å². The molecule has 0 atom stereocenters. The van der Waals surface area contributed by atoms with Crippen LogP contribution in [0.3, 0.4) is 0 Å². The Morgan fingerprint density at radius 1 is 1.47 bits per heavy atom. The Balaban J connectivity index is 1.68. The van der Waals surface area contributed by atoms with E-state index in [9.17, 15) is 0 Å². The lowest BCUT2D eigenvalue weighted by atomic mass is 10.5. The fourth-order valence-corrected chi connectivity index (χ4v) is 3.26. The number of hydrogen-bond donors (Lipinski definition) is 0. The number of rotatable bonds is 5. The van der Waals surface area contributed by atoms with Crippen molar-refractivity contribution in [1.29, 1.82) is 0 Å². The highest BCUT2D eigenvalue weighted by Crippen LogP contribution is 2.26. The van der Waals surface area contributed by atoms with Crippen LogP contribution in [0.5, 0.6) is 0 Å². The number of aryl methyl sites for hydroxylation is 1. The molecule has 0 N–H and O–H groups in total. The van der Waals surface area contributed by atoms with Crippen LogP contribution in [0.1, 0.15) is 12.6 Å². The van der Waals surface area contributed by atoms with Gasteiger partial charge >= 0.3 is 0 Å². The summed E-state index contributed by atoms with van der Waals surface area (Å²) in [5, 5.41) is 3.04. The molecule has 3 heterocycles. The Hall–Kier alpha value is -1.53. The van der Waals surface area contributed by atoms with E-state index in [2.05, 4.69) is 21.5 Å². The Kier molecular flexibility index (Phi) is 3.70. The summed E-state index contributed by atoms with van der Waals surface area (Å²) in [5.74, 6) is 1.47. The largest absolute Gasteiger partial charge is 0.444 e. The average molecular weight is 291 g/mol. The first-order valence-corrected chi connectivity index (χ1v) is 7.85. The number of aromatic nitrogens is 3. The summed E-state index contributed by atoms with van der Waals surface area (Å²) >= 11 is 3.31. The second kappa shape index (κ2) is 5.63. The highest BCUT2D eigenvalue weighted by molar-refractivity contribution is 7.98. The van der Waals surface area contributed by atoms with Crippen molar-refractivity contribution in [3.05, 3.63) is 41.9 Å². The molecule has 0 amide bonds. The zero-order chi connectivity index (χ0) is 13.1. The molecule has 19 heavy (non-hydrogen) atoms. The Bertz CT molecular complexity index is 642. The minimum Gasteiger partial charge on any atom is -0.444 e. The summed E-state index contributed by atoms with van der Waals surface area (Å²) in [4.78, 5) is 9.88. The first-order valence-electron chi connectivity index (χ1n) is 5.99. The van der Waals surface area contributed by atoms with Crippen LogP contribution in [-0.2, 0) is 12.3 Å². The second-order valence-electron chi connectivity index (χ2n) is 3.91. The molecule has 0 aliphatic rings. The molecular formula is C13H13N3OS2. The number of imidazole rings is 1. The molecule has 0 spiro atoms. The number of hydrogen-bond acceptors (Lipinski definition) is 5. The molecule has 0 saturated heterocycles. The van der Waals surface area contributed by atoms with Crippen LogP contribution in [0, 0.1) is 0 Å². The van der Waals surface area contributed by atoms with Gasteiger partial charge in [-0.05, 0) is 18.4 Å². The summed E-state index contributed by atoms with van der Waals surface area (Å²) in [6.45, 7) is 3.04. The van der Waals surface area contributed by atoms with E-state index < -0.39 is 0 Å². The van der Waals surface area contributed by atoms with Gasteiger partial charge in [0.05, 0.1) is 10.6 Å². The van der Waals surface area contributed by atoms with Crippen LogP contribution in [0.2, 0.25) is 0 Å². The summed E-state index contributed by atoms with van der Waals surface area (Å²) in [6.07, 6.45) is 5.54. The fraction of sp³-hybridized carbons (Fsp3) is 0.231. The maximum Gasteiger partial charge on any atom is 0.236 e. The highest BCUT2D eigenvalue weighted by atomic mass is 32.2. The summed E-state index contributed by atoms with van der Waals surface area (Å²) in [7, 11) is 0. The van der Waals surface area contributed by atoms with E-state index in [-0.39, 0.29) is 0 Å². The minimum absolute atomic E-state index is 0.699. The average Bonchev–Trinajstić information content (AvgIpc) is 3.16. The third-order valence-corrected chi connectivity index (χ3v) is 4.55. The van der Waals surface area contributed by atoms with Gasteiger partial charge in [-0.1, -0.05) is 17.8 Å². The lowest BCUT2D eigenvalue weighted by Gasteiger charge is -2.01. The van der Waals surface area contributed by atoms with Gasteiger partial charge in [-0.25, -0.2) is 9.97 Å². The molecule has 0 aliphatic carbocycles. The fourth-order valence-electron chi connectivity index (χ4n) is 1.70. The first kappa shape index (κ1) is 12.5. The van der Waals surface area contributed by atoms with Gasteiger partial charge in [-0.15, -0.1) is 11.3 Å². The molecule has 0 unspecified atom stereocenters. The van der Waals surface area contributed by atoms with Crippen LogP contribution in [0.4, 0.5) is 0 Å². The van der Waals surface area contributed by atoms with Crippen molar-refractivity contribution in [1.82, 2.24) is 14.5 Å². The molecule has 6 heteroatoms. The Labute approximate surface area is 119 Å². The molecule has 3 aromatic heterocycles. The number of thioether (sulfide) groups is 1. The predicted molar refractivity (Wildman–Crippen MR) is 77.3 cm³/mol. The van der Waals surface area contributed by atoms with Crippen molar-refractivity contribution < 1.29 is 4.42 Å². The topological polar surface area (TPSA) is 43.9 Å². The Morgan fingerprint density at radius 3 is 3.21 bits per heavy atom. The van der Waals surface area contributed by atoms with Gasteiger partial charge in [0.1, 0.15) is 6.26 Å². The third kappa shape index (κ3) is 2.74. The van der Waals surface area contributed by atoms with Crippen LogP contribution < -0.4 is 0 Å². The van der Waals surface area contributed by atoms with E-state index in [1.165, 1.54) is 0 Å². The highest BCUT2D eigenvalue weighted by Gasteiger charge is 2.09. The monoisotopic (exact) mass is 291 g/mol. The van der Waals surface area contributed by atoms with E-state index in [1.807, 2.05) is 29.9 Å². The van der Waals surface area contributed by atoms with Crippen molar-refractivity contribution in [3.63, 3.8) is 0 Å². The zero-order valence-electron chi connectivity index (χ0n) is 10.4. The Morgan fingerprint density at radius 2 is 2.42 bits per heavy atom. The van der Waals surface area contributed by atoms with Crippen molar-refractivity contribution >= 4 is 23.1 Å². The second-order valence-corrected chi connectivity index (χ2v) is 5.80. The maximum absolute atomic E-state index is 5.49. The molecule has 98 valence electrons. The SMILES string of the molecule is CCn1ccnc1SCc1coc(-c2cccs2)n1. The number of oxazole rings is 1.